The van der Waals surface area contributed by atoms with Gasteiger partial charge in [-0.3, -0.25) is 9.52 Å². The van der Waals surface area contributed by atoms with Gasteiger partial charge in [-0.1, -0.05) is 54.6 Å². The molecule has 1 N–H and O–H groups in total. The Balaban J connectivity index is 1.44. The third kappa shape index (κ3) is 5.19. The van der Waals surface area contributed by atoms with E-state index in [1.165, 1.54) is 11.6 Å². The lowest BCUT2D eigenvalue weighted by Crippen LogP contribution is -2.39. The van der Waals surface area contributed by atoms with E-state index in [1.54, 1.807) is 43.3 Å². The molecule has 3 aromatic rings. The van der Waals surface area contributed by atoms with Crippen LogP contribution < -0.4 is 4.72 Å². The van der Waals surface area contributed by atoms with Crippen LogP contribution in [-0.4, -0.2) is 32.3 Å². The number of sulfonamides is 1. The molecule has 1 saturated heterocycles. The lowest BCUT2D eigenvalue weighted by molar-refractivity contribution is 0.0690. The van der Waals surface area contributed by atoms with Gasteiger partial charge in [-0.05, 0) is 67.5 Å². The van der Waals surface area contributed by atoms with E-state index in [0.29, 0.717) is 35.8 Å². The third-order valence-electron chi connectivity index (χ3n) is 6.02. The summed E-state index contributed by atoms with van der Waals surface area (Å²) in [5.41, 5.74) is 2.83. The van der Waals surface area contributed by atoms with E-state index in [1.807, 2.05) is 17.0 Å². The number of likely N-dealkylation sites (tertiary alicyclic amines) is 1. The van der Waals surface area contributed by atoms with Crippen molar-refractivity contribution in [1.29, 1.82) is 0 Å². The van der Waals surface area contributed by atoms with Crippen molar-refractivity contribution in [2.24, 2.45) is 5.92 Å². The van der Waals surface area contributed by atoms with Gasteiger partial charge >= 0.3 is 0 Å². The molecule has 0 radical (unpaired) electrons. The number of aryl methyl sites for hydroxylation is 1. The molecule has 0 aliphatic carbocycles. The van der Waals surface area contributed by atoms with Crippen molar-refractivity contribution < 1.29 is 13.2 Å². The Bertz CT molecular complexity index is 1170. The van der Waals surface area contributed by atoms with Crippen LogP contribution in [0.25, 0.3) is 0 Å². The first-order valence-corrected chi connectivity index (χ1v) is 12.4. The first kappa shape index (κ1) is 22.1. The smallest absolute Gasteiger partial charge is 0.262 e. The van der Waals surface area contributed by atoms with Crippen molar-refractivity contribution in [3.63, 3.8) is 0 Å². The maximum atomic E-state index is 13.1. The van der Waals surface area contributed by atoms with Crippen molar-refractivity contribution in [2.75, 3.05) is 17.8 Å². The van der Waals surface area contributed by atoms with Crippen LogP contribution in [-0.2, 0) is 16.4 Å². The number of para-hydroxylation sites is 1. The van der Waals surface area contributed by atoms with Gasteiger partial charge in [-0.2, -0.15) is 0 Å². The molecule has 4 rings (SSSR count). The molecule has 0 aromatic heterocycles. The molecule has 1 aliphatic rings. The first-order valence-electron chi connectivity index (χ1n) is 10.9. The van der Waals surface area contributed by atoms with Crippen molar-refractivity contribution in [1.82, 2.24) is 4.90 Å². The number of anilines is 1. The molecule has 32 heavy (non-hydrogen) atoms. The highest BCUT2D eigenvalue weighted by Gasteiger charge is 2.25. The second-order valence-electron chi connectivity index (χ2n) is 8.38. The van der Waals surface area contributed by atoms with Gasteiger partial charge in [0.05, 0.1) is 4.90 Å². The highest BCUT2D eigenvalue weighted by Crippen LogP contribution is 2.25. The Morgan fingerprint density at radius 2 is 1.56 bits per heavy atom. The van der Waals surface area contributed by atoms with Crippen molar-refractivity contribution in [3.05, 3.63) is 95.6 Å². The minimum absolute atomic E-state index is 0.112. The van der Waals surface area contributed by atoms with Gasteiger partial charge in [-0.15, -0.1) is 0 Å². The zero-order valence-electron chi connectivity index (χ0n) is 18.2. The number of piperidine rings is 1. The Hall–Kier alpha value is -3.12. The number of carbonyl (C=O) groups is 1. The Morgan fingerprint density at radius 1 is 0.938 bits per heavy atom. The van der Waals surface area contributed by atoms with Gasteiger partial charge < -0.3 is 4.90 Å². The molecule has 0 spiro atoms. The van der Waals surface area contributed by atoms with Gasteiger partial charge in [0.1, 0.15) is 0 Å². The lowest BCUT2D eigenvalue weighted by Gasteiger charge is -2.32. The van der Waals surface area contributed by atoms with E-state index < -0.39 is 10.0 Å². The summed E-state index contributed by atoms with van der Waals surface area (Å²) in [6.45, 7) is 3.12. The summed E-state index contributed by atoms with van der Waals surface area (Å²) in [6.07, 6.45) is 2.93. The second kappa shape index (κ2) is 9.57. The predicted molar refractivity (Wildman–Crippen MR) is 127 cm³/mol. The summed E-state index contributed by atoms with van der Waals surface area (Å²) < 4.78 is 28.5. The summed E-state index contributed by atoms with van der Waals surface area (Å²) in [6, 6.07) is 24.1. The maximum absolute atomic E-state index is 13.1. The van der Waals surface area contributed by atoms with Gasteiger partial charge in [-0.25, -0.2) is 8.42 Å². The van der Waals surface area contributed by atoms with Gasteiger partial charge in [0.15, 0.2) is 0 Å². The molecule has 1 aliphatic heterocycles. The third-order valence-corrected chi connectivity index (χ3v) is 7.54. The molecule has 1 heterocycles. The fraction of sp³-hybridized carbons (Fsp3) is 0.269. The summed E-state index contributed by atoms with van der Waals surface area (Å²) >= 11 is 0. The minimum Gasteiger partial charge on any atom is -0.339 e. The van der Waals surface area contributed by atoms with Crippen LogP contribution in [0.5, 0.6) is 0 Å². The number of hydrogen-bond acceptors (Lipinski definition) is 3. The quantitative estimate of drug-likeness (QED) is 0.584. The summed E-state index contributed by atoms with van der Waals surface area (Å²) in [4.78, 5) is 15.1. The highest BCUT2D eigenvalue weighted by molar-refractivity contribution is 7.92. The number of nitrogens with zero attached hydrogens (tertiary/aromatic N) is 1. The fourth-order valence-electron chi connectivity index (χ4n) is 4.21. The SMILES string of the molecule is Cc1ccc(C(=O)N2CCC(Cc3ccccc3)CC2)cc1S(=O)(=O)Nc1ccccc1. The van der Waals surface area contributed by atoms with E-state index in [2.05, 4.69) is 29.0 Å². The van der Waals surface area contributed by atoms with E-state index in [-0.39, 0.29) is 10.8 Å². The largest absolute Gasteiger partial charge is 0.339 e. The van der Waals surface area contributed by atoms with Crippen molar-refractivity contribution in [3.8, 4) is 0 Å². The Kier molecular flexibility index (Phi) is 6.61. The summed E-state index contributed by atoms with van der Waals surface area (Å²) in [5.74, 6) is 0.449. The molecule has 166 valence electrons. The molecule has 0 bridgehead atoms. The van der Waals surface area contributed by atoms with E-state index >= 15 is 0 Å². The number of carbonyl (C=O) groups excluding carboxylic acids is 1. The minimum atomic E-state index is -3.79. The van der Waals surface area contributed by atoms with Gasteiger partial charge in [0.25, 0.3) is 15.9 Å². The molecule has 1 amide bonds. The highest BCUT2D eigenvalue weighted by atomic mass is 32.2. The van der Waals surface area contributed by atoms with E-state index in [4.69, 9.17) is 0 Å². The van der Waals surface area contributed by atoms with Crippen LogP contribution in [0, 0.1) is 12.8 Å². The molecule has 0 saturated carbocycles. The zero-order valence-corrected chi connectivity index (χ0v) is 19.0. The predicted octanol–water partition coefficient (Wildman–Crippen LogP) is 4.89. The van der Waals surface area contributed by atoms with Crippen LogP contribution in [0.4, 0.5) is 5.69 Å². The molecular weight excluding hydrogens is 420 g/mol. The Labute approximate surface area is 190 Å². The number of benzene rings is 3. The van der Waals surface area contributed by atoms with Crippen LogP contribution in [0.15, 0.2) is 83.8 Å². The fourth-order valence-corrected chi connectivity index (χ4v) is 5.54. The average molecular weight is 449 g/mol. The topological polar surface area (TPSA) is 66.5 Å². The average Bonchev–Trinajstić information content (AvgIpc) is 2.80. The zero-order chi connectivity index (χ0) is 22.6. The van der Waals surface area contributed by atoms with Crippen LogP contribution in [0.2, 0.25) is 0 Å². The van der Waals surface area contributed by atoms with Crippen LogP contribution in [0.1, 0.15) is 34.3 Å². The lowest BCUT2D eigenvalue weighted by atomic mass is 9.90. The normalized spacial score (nSPS) is 14.8. The molecule has 0 unspecified atom stereocenters. The molecule has 6 heteroatoms. The standard InChI is InChI=1S/C26H28N2O3S/c1-20-12-13-23(19-25(20)32(30,31)27-24-10-6-3-7-11-24)26(29)28-16-14-22(15-17-28)18-21-8-4-2-5-9-21/h2-13,19,22,27H,14-18H2,1H3. The number of hydrogen-bond donors (Lipinski definition) is 1. The Morgan fingerprint density at radius 3 is 2.22 bits per heavy atom. The molecular formula is C26H28N2O3S. The van der Waals surface area contributed by atoms with Crippen LogP contribution in [0.3, 0.4) is 0 Å². The molecule has 5 nitrogen and oxygen atoms in total. The van der Waals surface area contributed by atoms with E-state index in [9.17, 15) is 13.2 Å². The second-order valence-corrected chi connectivity index (χ2v) is 10.0. The monoisotopic (exact) mass is 448 g/mol. The molecule has 1 fully saturated rings. The van der Waals surface area contributed by atoms with Crippen molar-refractivity contribution in [2.45, 2.75) is 31.1 Å². The van der Waals surface area contributed by atoms with Crippen molar-refractivity contribution >= 4 is 21.6 Å². The summed E-state index contributed by atoms with van der Waals surface area (Å²) in [5, 5.41) is 0. The van der Waals surface area contributed by atoms with Gasteiger partial charge in [0.2, 0.25) is 0 Å². The number of rotatable bonds is 6. The van der Waals surface area contributed by atoms with Crippen LogP contribution >= 0.6 is 0 Å². The molecule has 0 atom stereocenters. The van der Waals surface area contributed by atoms with E-state index in [0.717, 1.165) is 19.3 Å². The maximum Gasteiger partial charge on any atom is 0.262 e. The number of amides is 1. The number of nitrogens with one attached hydrogen (secondary N) is 1. The summed E-state index contributed by atoms with van der Waals surface area (Å²) in [7, 11) is -3.79. The van der Waals surface area contributed by atoms with Gasteiger partial charge in [0, 0.05) is 24.3 Å². The molecule has 3 aromatic carbocycles. The first-order chi connectivity index (χ1) is 15.4.